The largest absolute Gasteiger partial charge is 0.462 e. The van der Waals surface area contributed by atoms with Crippen molar-refractivity contribution >= 4 is 17.9 Å². The van der Waals surface area contributed by atoms with Crippen LogP contribution in [0, 0.1) is 0 Å². The minimum Gasteiger partial charge on any atom is -0.462 e. The van der Waals surface area contributed by atoms with Crippen molar-refractivity contribution in [2.45, 2.75) is 329 Å². The van der Waals surface area contributed by atoms with E-state index in [1.165, 1.54) is 199 Å². The van der Waals surface area contributed by atoms with Crippen LogP contribution in [0.5, 0.6) is 0 Å². The van der Waals surface area contributed by atoms with Crippen molar-refractivity contribution in [3.8, 4) is 0 Å². The van der Waals surface area contributed by atoms with E-state index < -0.39 is 12.1 Å². The molecule has 0 aromatic heterocycles. The van der Waals surface area contributed by atoms with Gasteiger partial charge in [-0.2, -0.15) is 0 Å². The normalized spacial score (nSPS) is 12.6. The van der Waals surface area contributed by atoms with Crippen LogP contribution < -0.4 is 0 Å². The molecule has 6 nitrogen and oxygen atoms in total. The SMILES string of the molecule is CC/C=C\C/C=C\C/C=C\C/C=C\C/C=C\CC(=O)OC(COC(=O)CCCCCCC/C=C\CCCCCCC)COC(=O)CCCCCCCCCCCCCCCCCCC/C=C\CCCCCCCCCC. The Morgan fingerprint density at radius 1 is 0.289 bits per heavy atom. The lowest BCUT2D eigenvalue weighted by Crippen LogP contribution is -2.30. The molecule has 0 amide bonds. The van der Waals surface area contributed by atoms with Gasteiger partial charge in [0.2, 0.25) is 0 Å². The van der Waals surface area contributed by atoms with Crippen LogP contribution >= 0.6 is 0 Å². The van der Waals surface area contributed by atoms with Crippen LogP contribution in [0.15, 0.2) is 85.1 Å². The van der Waals surface area contributed by atoms with Gasteiger partial charge in [0, 0.05) is 12.8 Å². The first-order valence-corrected chi connectivity index (χ1v) is 32.6. The summed E-state index contributed by atoms with van der Waals surface area (Å²) in [5.74, 6) is -1.04. The molecule has 6 heteroatoms. The molecule has 0 aliphatic heterocycles. The standard InChI is InChI=1S/C70H122O6/c1-4-7-10-13-16-19-22-25-28-29-30-31-32-33-34-35-36-37-38-39-40-41-43-45-48-51-54-57-60-63-69(72)75-66-67(65-74-68(71)62-59-56-53-50-47-44-27-24-21-18-15-12-9-6-3)76-70(73)64-61-58-55-52-49-46-42-26-23-20-17-14-11-8-5-2/h8,11,17,20,24,26-27,29-30,42,49,52,58,61,67H,4-7,9-10,12-16,18-19,21-23,25,28,31-41,43-48,50-51,53-57,59-60,62-66H2,1-3H3/b11-8-,20-17-,27-24-,30-29-,42-26-,52-49-,61-58-. The second-order valence-corrected chi connectivity index (χ2v) is 21.7. The molecule has 76 heavy (non-hydrogen) atoms. The molecule has 0 N–H and O–H groups in total. The summed E-state index contributed by atoms with van der Waals surface area (Å²) in [7, 11) is 0. The van der Waals surface area contributed by atoms with E-state index in [1.54, 1.807) is 6.08 Å². The molecular formula is C70H122O6. The van der Waals surface area contributed by atoms with Crippen molar-refractivity contribution in [1.82, 2.24) is 0 Å². The van der Waals surface area contributed by atoms with E-state index in [4.69, 9.17) is 14.2 Å². The quantitative estimate of drug-likeness (QED) is 0.0261. The van der Waals surface area contributed by atoms with Crippen molar-refractivity contribution in [2.75, 3.05) is 13.2 Å². The van der Waals surface area contributed by atoms with Crippen LogP contribution in [0.3, 0.4) is 0 Å². The van der Waals surface area contributed by atoms with Crippen molar-refractivity contribution in [2.24, 2.45) is 0 Å². The van der Waals surface area contributed by atoms with E-state index in [-0.39, 0.29) is 31.6 Å². The van der Waals surface area contributed by atoms with Crippen molar-refractivity contribution in [3.05, 3.63) is 85.1 Å². The van der Waals surface area contributed by atoms with Crippen LogP contribution in [-0.2, 0) is 28.6 Å². The highest BCUT2D eigenvalue weighted by atomic mass is 16.6. The Hall–Kier alpha value is -3.41. The molecule has 0 radical (unpaired) electrons. The Morgan fingerprint density at radius 2 is 0.553 bits per heavy atom. The highest BCUT2D eigenvalue weighted by molar-refractivity contribution is 5.72. The molecule has 0 bridgehead atoms. The van der Waals surface area contributed by atoms with E-state index in [9.17, 15) is 14.4 Å². The van der Waals surface area contributed by atoms with Gasteiger partial charge < -0.3 is 14.2 Å². The first-order valence-electron chi connectivity index (χ1n) is 32.6. The number of esters is 3. The van der Waals surface area contributed by atoms with Gasteiger partial charge in [-0.1, -0.05) is 292 Å². The fourth-order valence-electron chi connectivity index (χ4n) is 9.27. The van der Waals surface area contributed by atoms with Crippen LogP contribution in [-0.4, -0.2) is 37.2 Å². The zero-order valence-electron chi connectivity index (χ0n) is 50.3. The number of allylic oxidation sites excluding steroid dienone is 13. The zero-order valence-corrected chi connectivity index (χ0v) is 50.3. The summed E-state index contributed by atoms with van der Waals surface area (Å²) >= 11 is 0. The third-order valence-electron chi connectivity index (χ3n) is 14.1. The Bertz CT molecular complexity index is 1450. The summed E-state index contributed by atoms with van der Waals surface area (Å²) in [4.78, 5) is 38.2. The van der Waals surface area contributed by atoms with Crippen LogP contribution in [0.1, 0.15) is 323 Å². The highest BCUT2D eigenvalue weighted by Gasteiger charge is 2.19. The average Bonchev–Trinajstić information content (AvgIpc) is 3.42. The summed E-state index contributed by atoms with van der Waals surface area (Å²) in [5.41, 5.74) is 0. The Labute approximate surface area is 471 Å². The van der Waals surface area contributed by atoms with Crippen molar-refractivity contribution < 1.29 is 28.6 Å². The van der Waals surface area contributed by atoms with Crippen molar-refractivity contribution in [3.63, 3.8) is 0 Å². The van der Waals surface area contributed by atoms with Gasteiger partial charge in [-0.25, -0.2) is 0 Å². The van der Waals surface area contributed by atoms with Crippen LogP contribution in [0.2, 0.25) is 0 Å². The molecule has 0 fully saturated rings. The number of rotatable bonds is 59. The number of unbranched alkanes of at least 4 members (excludes halogenated alkanes) is 35. The van der Waals surface area contributed by atoms with Crippen LogP contribution in [0.4, 0.5) is 0 Å². The minimum atomic E-state index is -0.834. The second-order valence-electron chi connectivity index (χ2n) is 21.7. The van der Waals surface area contributed by atoms with E-state index in [1.807, 2.05) is 6.08 Å². The van der Waals surface area contributed by atoms with Gasteiger partial charge in [0.05, 0.1) is 6.42 Å². The molecule has 1 unspecified atom stereocenters. The Morgan fingerprint density at radius 3 is 0.855 bits per heavy atom. The van der Waals surface area contributed by atoms with Gasteiger partial charge in [0.15, 0.2) is 6.10 Å². The van der Waals surface area contributed by atoms with Crippen LogP contribution in [0.25, 0.3) is 0 Å². The first-order chi connectivity index (χ1) is 37.5. The van der Waals surface area contributed by atoms with Gasteiger partial charge in [-0.05, 0) is 96.3 Å². The maximum Gasteiger partial charge on any atom is 0.310 e. The molecule has 0 aromatic rings. The number of carbonyl (C=O) groups excluding carboxylic acids is 3. The fourth-order valence-corrected chi connectivity index (χ4v) is 9.27. The number of hydrogen-bond acceptors (Lipinski definition) is 6. The molecule has 0 heterocycles. The second kappa shape index (κ2) is 64.1. The molecule has 0 rings (SSSR count). The summed E-state index contributed by atoms with van der Waals surface area (Å²) in [6.45, 7) is 6.46. The minimum absolute atomic E-state index is 0.0963. The molecule has 0 aromatic carbocycles. The maximum absolute atomic E-state index is 12.8. The van der Waals surface area contributed by atoms with Crippen molar-refractivity contribution in [1.29, 1.82) is 0 Å². The lowest BCUT2D eigenvalue weighted by atomic mass is 10.0. The molecule has 0 saturated carbocycles. The lowest BCUT2D eigenvalue weighted by Gasteiger charge is -2.18. The monoisotopic (exact) mass is 1060 g/mol. The Kier molecular flexibility index (Phi) is 61.2. The summed E-state index contributed by atoms with van der Waals surface area (Å²) in [5, 5.41) is 0. The summed E-state index contributed by atoms with van der Waals surface area (Å²) in [6, 6.07) is 0. The van der Waals surface area contributed by atoms with Gasteiger partial charge in [-0.3, -0.25) is 14.4 Å². The lowest BCUT2D eigenvalue weighted by molar-refractivity contribution is -0.166. The van der Waals surface area contributed by atoms with E-state index in [0.717, 1.165) is 83.5 Å². The first kappa shape index (κ1) is 72.6. The fraction of sp³-hybridized carbons (Fsp3) is 0.757. The molecule has 438 valence electrons. The molecule has 0 saturated heterocycles. The van der Waals surface area contributed by atoms with Gasteiger partial charge in [0.25, 0.3) is 0 Å². The van der Waals surface area contributed by atoms with E-state index in [0.29, 0.717) is 12.8 Å². The van der Waals surface area contributed by atoms with Gasteiger partial charge in [0.1, 0.15) is 13.2 Å². The number of ether oxygens (including phenoxy) is 3. The zero-order chi connectivity index (χ0) is 55.0. The Balaban J connectivity index is 4.26. The van der Waals surface area contributed by atoms with E-state index >= 15 is 0 Å². The van der Waals surface area contributed by atoms with Gasteiger partial charge >= 0.3 is 17.9 Å². The summed E-state index contributed by atoms with van der Waals surface area (Å²) < 4.78 is 16.8. The van der Waals surface area contributed by atoms with E-state index in [2.05, 4.69) is 93.7 Å². The molecule has 0 aliphatic rings. The molecule has 1 atom stereocenters. The number of hydrogen-bond donors (Lipinski definition) is 0. The maximum atomic E-state index is 12.8. The summed E-state index contributed by atoms with van der Waals surface area (Å²) in [6.07, 6.45) is 85.0. The average molecular weight is 1060 g/mol. The highest BCUT2D eigenvalue weighted by Crippen LogP contribution is 2.17. The predicted octanol–water partition coefficient (Wildman–Crippen LogP) is 22.3. The molecule has 0 aliphatic carbocycles. The molecule has 0 spiro atoms. The third-order valence-corrected chi connectivity index (χ3v) is 14.1. The topological polar surface area (TPSA) is 78.9 Å². The predicted molar refractivity (Wildman–Crippen MR) is 330 cm³/mol. The molecular weight excluding hydrogens is 937 g/mol. The third kappa shape index (κ3) is 61.4. The number of carbonyl (C=O) groups is 3. The van der Waals surface area contributed by atoms with Gasteiger partial charge in [-0.15, -0.1) is 0 Å². The smallest absolute Gasteiger partial charge is 0.310 e.